The molecule has 0 nitrogen and oxygen atoms in total. The fraction of sp³-hybridized carbons (Fsp3) is 0.273. The molecule has 0 N–H and O–H groups in total. The van der Waals surface area contributed by atoms with Gasteiger partial charge in [-0.1, -0.05) is 6.08 Å². The molecule has 68 valence electrons. The van der Waals surface area contributed by atoms with Gasteiger partial charge in [-0.25, -0.2) is 8.78 Å². The van der Waals surface area contributed by atoms with Crippen LogP contribution in [0.2, 0.25) is 0 Å². The molecule has 2 rings (SSSR count). The van der Waals surface area contributed by atoms with Gasteiger partial charge in [0.15, 0.2) is 0 Å². The van der Waals surface area contributed by atoms with Crippen molar-refractivity contribution in [1.82, 2.24) is 0 Å². The molecule has 0 saturated carbocycles. The average molecular weight is 180 g/mol. The van der Waals surface area contributed by atoms with Crippen molar-refractivity contribution in [2.75, 3.05) is 0 Å². The van der Waals surface area contributed by atoms with E-state index < -0.39 is 0 Å². The highest BCUT2D eigenvalue weighted by atomic mass is 19.1. The molecule has 1 aliphatic rings. The van der Waals surface area contributed by atoms with Crippen LogP contribution >= 0.6 is 0 Å². The summed E-state index contributed by atoms with van der Waals surface area (Å²) in [5.41, 5.74) is 1.37. The summed E-state index contributed by atoms with van der Waals surface area (Å²) in [6.07, 6.45) is 4.87. The maximum Gasteiger partial charge on any atom is 0.130 e. The van der Waals surface area contributed by atoms with Gasteiger partial charge < -0.3 is 0 Å². The van der Waals surface area contributed by atoms with E-state index in [0.717, 1.165) is 30.9 Å². The maximum absolute atomic E-state index is 13.2. The number of benzene rings is 1. The third-order valence-corrected chi connectivity index (χ3v) is 2.32. The van der Waals surface area contributed by atoms with Crippen molar-refractivity contribution >= 4 is 5.57 Å². The van der Waals surface area contributed by atoms with Crippen LogP contribution in [0.3, 0.4) is 0 Å². The van der Waals surface area contributed by atoms with E-state index in [1.807, 2.05) is 6.08 Å². The normalized spacial score (nSPS) is 16.0. The van der Waals surface area contributed by atoms with Gasteiger partial charge in [-0.3, -0.25) is 0 Å². The highest BCUT2D eigenvalue weighted by molar-refractivity contribution is 5.67. The lowest BCUT2D eigenvalue weighted by atomic mass is 10.1. The quantitative estimate of drug-likeness (QED) is 0.620. The molecular formula is C11H10F2. The Morgan fingerprint density at radius 2 is 2.00 bits per heavy atom. The van der Waals surface area contributed by atoms with Crippen LogP contribution < -0.4 is 0 Å². The second kappa shape index (κ2) is 3.29. The third-order valence-electron chi connectivity index (χ3n) is 2.32. The van der Waals surface area contributed by atoms with Crippen molar-refractivity contribution in [3.05, 3.63) is 41.5 Å². The number of halogens is 2. The Kier molecular flexibility index (Phi) is 2.13. The fourth-order valence-electron chi connectivity index (χ4n) is 1.66. The lowest BCUT2D eigenvalue weighted by Gasteiger charge is -2.03. The monoisotopic (exact) mass is 180 g/mol. The Morgan fingerprint density at radius 1 is 1.15 bits per heavy atom. The third kappa shape index (κ3) is 1.62. The van der Waals surface area contributed by atoms with Crippen molar-refractivity contribution < 1.29 is 8.78 Å². The molecular weight excluding hydrogens is 170 g/mol. The van der Waals surface area contributed by atoms with Gasteiger partial charge in [-0.15, -0.1) is 0 Å². The Hall–Kier alpha value is -1.18. The van der Waals surface area contributed by atoms with E-state index in [0.29, 0.717) is 5.56 Å². The summed E-state index contributed by atoms with van der Waals surface area (Å²) in [6, 6.07) is 3.60. The SMILES string of the molecule is Fc1ccc(F)c(C2=CCCC2)c1. The molecule has 0 bridgehead atoms. The van der Waals surface area contributed by atoms with Crippen LogP contribution in [0.1, 0.15) is 24.8 Å². The summed E-state index contributed by atoms with van der Waals surface area (Å²) in [5, 5.41) is 0. The minimum absolute atomic E-state index is 0.324. The van der Waals surface area contributed by atoms with Crippen LogP contribution in [0, 0.1) is 11.6 Å². The molecule has 0 aliphatic heterocycles. The lowest BCUT2D eigenvalue weighted by Crippen LogP contribution is -1.89. The van der Waals surface area contributed by atoms with E-state index >= 15 is 0 Å². The second-order valence-corrected chi connectivity index (χ2v) is 3.25. The van der Waals surface area contributed by atoms with E-state index in [9.17, 15) is 8.78 Å². The zero-order valence-corrected chi connectivity index (χ0v) is 7.19. The molecule has 13 heavy (non-hydrogen) atoms. The predicted octanol–water partition coefficient (Wildman–Crippen LogP) is 3.53. The molecule has 0 radical (unpaired) electrons. The predicted molar refractivity (Wildman–Crippen MR) is 48.2 cm³/mol. The van der Waals surface area contributed by atoms with E-state index in [1.54, 1.807) is 0 Å². The number of allylic oxidation sites excluding steroid dienone is 2. The average Bonchev–Trinajstić information content (AvgIpc) is 2.61. The van der Waals surface area contributed by atoms with Crippen LogP contribution in [0.15, 0.2) is 24.3 Å². The van der Waals surface area contributed by atoms with E-state index in [1.165, 1.54) is 12.1 Å². The molecule has 0 spiro atoms. The topological polar surface area (TPSA) is 0 Å². The number of hydrogen-bond donors (Lipinski definition) is 0. The molecule has 0 heterocycles. The van der Waals surface area contributed by atoms with Crippen molar-refractivity contribution in [3.8, 4) is 0 Å². The summed E-state index contributed by atoms with van der Waals surface area (Å²) in [4.78, 5) is 0. The van der Waals surface area contributed by atoms with Gasteiger partial charge in [0.25, 0.3) is 0 Å². The highest BCUT2D eigenvalue weighted by Crippen LogP contribution is 2.29. The van der Waals surface area contributed by atoms with Gasteiger partial charge in [-0.2, -0.15) is 0 Å². The molecule has 2 heteroatoms. The van der Waals surface area contributed by atoms with Gasteiger partial charge in [0.2, 0.25) is 0 Å². The number of hydrogen-bond acceptors (Lipinski definition) is 0. The van der Waals surface area contributed by atoms with Gasteiger partial charge in [-0.05, 0) is 43.0 Å². The van der Waals surface area contributed by atoms with Gasteiger partial charge >= 0.3 is 0 Å². The molecule has 1 aromatic rings. The van der Waals surface area contributed by atoms with Gasteiger partial charge in [0, 0.05) is 5.56 Å². The Balaban J connectivity index is 2.43. The van der Waals surface area contributed by atoms with Gasteiger partial charge in [0.1, 0.15) is 11.6 Å². The summed E-state index contributed by atoms with van der Waals surface area (Å²) < 4.78 is 26.0. The molecule has 1 aromatic carbocycles. The van der Waals surface area contributed by atoms with Crippen LogP contribution in [0.5, 0.6) is 0 Å². The van der Waals surface area contributed by atoms with Crippen molar-refractivity contribution in [1.29, 1.82) is 0 Å². The molecule has 0 amide bonds. The molecule has 0 saturated heterocycles. The Bertz CT molecular complexity index is 353. The largest absolute Gasteiger partial charge is 0.207 e. The van der Waals surface area contributed by atoms with Crippen LogP contribution in [0.25, 0.3) is 5.57 Å². The molecule has 0 fully saturated rings. The Labute approximate surface area is 75.9 Å². The summed E-state index contributed by atoms with van der Waals surface area (Å²) in [6.45, 7) is 0. The van der Waals surface area contributed by atoms with Crippen molar-refractivity contribution in [3.63, 3.8) is 0 Å². The van der Waals surface area contributed by atoms with Crippen molar-refractivity contribution in [2.45, 2.75) is 19.3 Å². The zero-order valence-electron chi connectivity index (χ0n) is 7.19. The van der Waals surface area contributed by atoms with Crippen LogP contribution in [0.4, 0.5) is 8.78 Å². The lowest BCUT2D eigenvalue weighted by molar-refractivity contribution is 0.596. The van der Waals surface area contributed by atoms with Gasteiger partial charge in [0.05, 0.1) is 0 Å². The minimum atomic E-state index is -0.371. The zero-order chi connectivity index (χ0) is 9.26. The maximum atomic E-state index is 13.2. The molecule has 1 aliphatic carbocycles. The first kappa shape index (κ1) is 8.42. The first-order valence-corrected chi connectivity index (χ1v) is 4.42. The van der Waals surface area contributed by atoms with E-state index in [-0.39, 0.29) is 11.6 Å². The first-order valence-electron chi connectivity index (χ1n) is 4.42. The van der Waals surface area contributed by atoms with Crippen LogP contribution in [-0.2, 0) is 0 Å². The fourth-order valence-corrected chi connectivity index (χ4v) is 1.66. The van der Waals surface area contributed by atoms with E-state index in [4.69, 9.17) is 0 Å². The minimum Gasteiger partial charge on any atom is -0.207 e. The summed E-state index contributed by atoms with van der Waals surface area (Å²) >= 11 is 0. The molecule has 0 unspecified atom stereocenters. The van der Waals surface area contributed by atoms with E-state index in [2.05, 4.69) is 0 Å². The highest BCUT2D eigenvalue weighted by Gasteiger charge is 2.11. The van der Waals surface area contributed by atoms with Crippen LogP contribution in [-0.4, -0.2) is 0 Å². The number of rotatable bonds is 1. The summed E-state index contributed by atoms with van der Waals surface area (Å²) in [5.74, 6) is -0.696. The standard InChI is InChI=1S/C11H10F2/c12-9-5-6-11(13)10(7-9)8-3-1-2-4-8/h3,5-7H,1-2,4H2. The summed E-state index contributed by atoms with van der Waals surface area (Å²) in [7, 11) is 0. The smallest absolute Gasteiger partial charge is 0.130 e. The van der Waals surface area contributed by atoms with Crippen molar-refractivity contribution in [2.24, 2.45) is 0 Å². The Morgan fingerprint density at radius 3 is 2.69 bits per heavy atom. The molecule has 0 atom stereocenters. The second-order valence-electron chi connectivity index (χ2n) is 3.25. The first-order chi connectivity index (χ1) is 6.27. The molecule has 0 aromatic heterocycles.